The third-order valence-corrected chi connectivity index (χ3v) is 2.47. The molecule has 0 unspecified atom stereocenters. The fraction of sp³-hybridized carbons (Fsp3) is 0.154. The van der Waals surface area contributed by atoms with Gasteiger partial charge in [0, 0.05) is 5.69 Å². The third kappa shape index (κ3) is 2.66. The van der Waals surface area contributed by atoms with Crippen LogP contribution >= 0.6 is 0 Å². The molecular formula is C13H15N3O. The maximum absolute atomic E-state index is 5.62. The van der Waals surface area contributed by atoms with E-state index in [1.807, 2.05) is 37.3 Å². The first kappa shape index (κ1) is 11.3. The Morgan fingerprint density at radius 2 is 2.06 bits per heavy atom. The molecule has 1 aromatic carbocycles. The lowest BCUT2D eigenvalue weighted by Gasteiger charge is -2.10. The van der Waals surface area contributed by atoms with Crippen LogP contribution in [0.15, 0.2) is 36.4 Å². The van der Waals surface area contributed by atoms with E-state index in [-0.39, 0.29) is 0 Å². The van der Waals surface area contributed by atoms with Gasteiger partial charge < -0.3 is 15.8 Å². The SMILES string of the molecule is COc1ccc(Nc2cccc(N)n2)c(C)c1. The minimum absolute atomic E-state index is 0.501. The van der Waals surface area contributed by atoms with Gasteiger partial charge in [0.05, 0.1) is 7.11 Å². The number of hydrogen-bond donors (Lipinski definition) is 2. The number of nitrogens with zero attached hydrogens (tertiary/aromatic N) is 1. The summed E-state index contributed by atoms with van der Waals surface area (Å²) in [5, 5.41) is 3.22. The van der Waals surface area contributed by atoms with Gasteiger partial charge in [0.15, 0.2) is 0 Å². The number of ether oxygens (including phenoxy) is 1. The van der Waals surface area contributed by atoms with Gasteiger partial charge in [-0.3, -0.25) is 0 Å². The van der Waals surface area contributed by atoms with Crippen molar-refractivity contribution in [3.8, 4) is 5.75 Å². The Morgan fingerprint density at radius 3 is 2.71 bits per heavy atom. The first-order valence-corrected chi connectivity index (χ1v) is 5.33. The highest BCUT2D eigenvalue weighted by molar-refractivity contribution is 5.62. The molecule has 1 aromatic heterocycles. The molecule has 0 spiro atoms. The Labute approximate surface area is 100 Å². The highest BCUT2D eigenvalue weighted by Crippen LogP contribution is 2.23. The highest BCUT2D eigenvalue weighted by atomic mass is 16.5. The standard InChI is InChI=1S/C13H15N3O/c1-9-8-10(17-2)6-7-11(9)15-13-5-3-4-12(14)16-13/h3-8H,1-2H3,(H3,14,15,16). The number of aromatic nitrogens is 1. The van der Waals surface area contributed by atoms with Crippen LogP contribution in [-0.4, -0.2) is 12.1 Å². The van der Waals surface area contributed by atoms with E-state index < -0.39 is 0 Å². The summed E-state index contributed by atoms with van der Waals surface area (Å²) < 4.78 is 5.16. The molecule has 0 aliphatic carbocycles. The number of pyridine rings is 1. The average Bonchev–Trinajstić information content (AvgIpc) is 2.32. The Morgan fingerprint density at radius 1 is 1.24 bits per heavy atom. The van der Waals surface area contributed by atoms with Gasteiger partial charge in [-0.25, -0.2) is 4.98 Å². The van der Waals surface area contributed by atoms with Crippen LogP contribution in [-0.2, 0) is 0 Å². The van der Waals surface area contributed by atoms with Crippen LogP contribution in [0.1, 0.15) is 5.56 Å². The topological polar surface area (TPSA) is 60.2 Å². The minimum Gasteiger partial charge on any atom is -0.497 e. The molecule has 0 fully saturated rings. The molecule has 17 heavy (non-hydrogen) atoms. The molecule has 2 aromatic rings. The van der Waals surface area contributed by atoms with Gasteiger partial charge in [0.25, 0.3) is 0 Å². The summed E-state index contributed by atoms with van der Waals surface area (Å²) >= 11 is 0. The quantitative estimate of drug-likeness (QED) is 0.849. The van der Waals surface area contributed by atoms with Crippen molar-refractivity contribution in [2.24, 2.45) is 0 Å². The highest BCUT2D eigenvalue weighted by Gasteiger charge is 2.01. The van der Waals surface area contributed by atoms with Crippen LogP contribution in [0.25, 0.3) is 0 Å². The predicted octanol–water partition coefficient (Wildman–Crippen LogP) is 2.72. The number of nitrogens with one attached hydrogen (secondary N) is 1. The molecule has 4 heteroatoms. The summed E-state index contributed by atoms with van der Waals surface area (Å²) in [6.45, 7) is 2.01. The molecule has 0 aliphatic rings. The van der Waals surface area contributed by atoms with Crippen LogP contribution in [0.4, 0.5) is 17.3 Å². The van der Waals surface area contributed by atoms with Gasteiger partial charge in [-0.2, -0.15) is 0 Å². The van der Waals surface area contributed by atoms with E-state index in [1.165, 1.54) is 0 Å². The van der Waals surface area contributed by atoms with Crippen molar-refractivity contribution >= 4 is 17.3 Å². The Balaban J connectivity index is 2.24. The summed E-state index contributed by atoms with van der Waals surface area (Å²) in [5.41, 5.74) is 7.71. The summed E-state index contributed by atoms with van der Waals surface area (Å²) in [7, 11) is 1.65. The van der Waals surface area contributed by atoms with Crippen LogP contribution in [0, 0.1) is 6.92 Å². The predicted molar refractivity (Wildman–Crippen MR) is 69.7 cm³/mol. The summed E-state index contributed by atoms with van der Waals surface area (Å²) in [6, 6.07) is 11.3. The molecule has 88 valence electrons. The number of benzene rings is 1. The molecule has 4 nitrogen and oxygen atoms in total. The zero-order valence-corrected chi connectivity index (χ0v) is 9.90. The third-order valence-electron chi connectivity index (χ3n) is 2.47. The second-order valence-electron chi connectivity index (χ2n) is 3.75. The molecule has 0 radical (unpaired) electrons. The van der Waals surface area contributed by atoms with Crippen molar-refractivity contribution in [3.63, 3.8) is 0 Å². The van der Waals surface area contributed by atoms with Crippen LogP contribution < -0.4 is 15.8 Å². The van der Waals surface area contributed by atoms with Crippen molar-refractivity contribution in [2.75, 3.05) is 18.2 Å². The van der Waals surface area contributed by atoms with Crippen molar-refractivity contribution < 1.29 is 4.74 Å². The summed E-state index contributed by atoms with van der Waals surface area (Å²) in [4.78, 5) is 4.19. The minimum atomic E-state index is 0.501. The molecule has 0 bridgehead atoms. The second kappa shape index (κ2) is 4.74. The van der Waals surface area contributed by atoms with E-state index in [0.29, 0.717) is 5.82 Å². The number of nitrogens with two attached hydrogens (primary N) is 1. The summed E-state index contributed by atoms with van der Waals surface area (Å²) in [5.74, 6) is 2.08. The van der Waals surface area contributed by atoms with E-state index in [1.54, 1.807) is 13.2 Å². The number of aryl methyl sites for hydroxylation is 1. The molecular weight excluding hydrogens is 214 g/mol. The van der Waals surface area contributed by atoms with Crippen molar-refractivity contribution in [1.82, 2.24) is 4.98 Å². The Kier molecular flexibility index (Phi) is 3.14. The fourth-order valence-electron chi connectivity index (χ4n) is 1.56. The molecule has 3 N–H and O–H groups in total. The Hall–Kier alpha value is -2.23. The number of hydrogen-bond acceptors (Lipinski definition) is 4. The maximum Gasteiger partial charge on any atom is 0.132 e. The van der Waals surface area contributed by atoms with Crippen LogP contribution in [0.2, 0.25) is 0 Å². The lowest BCUT2D eigenvalue weighted by molar-refractivity contribution is 0.414. The molecule has 2 rings (SSSR count). The largest absolute Gasteiger partial charge is 0.497 e. The zero-order valence-electron chi connectivity index (χ0n) is 9.90. The van der Waals surface area contributed by atoms with E-state index in [4.69, 9.17) is 10.5 Å². The van der Waals surface area contributed by atoms with Crippen LogP contribution in [0.5, 0.6) is 5.75 Å². The second-order valence-corrected chi connectivity index (χ2v) is 3.75. The monoisotopic (exact) mass is 229 g/mol. The molecule has 0 atom stereocenters. The lowest BCUT2D eigenvalue weighted by atomic mass is 10.2. The average molecular weight is 229 g/mol. The van der Waals surface area contributed by atoms with Crippen LogP contribution in [0.3, 0.4) is 0 Å². The van der Waals surface area contributed by atoms with Gasteiger partial charge in [-0.1, -0.05) is 6.07 Å². The van der Waals surface area contributed by atoms with Gasteiger partial charge in [-0.05, 0) is 42.8 Å². The molecule has 1 heterocycles. The van der Waals surface area contributed by atoms with Crippen molar-refractivity contribution in [3.05, 3.63) is 42.0 Å². The molecule has 0 saturated heterocycles. The van der Waals surface area contributed by atoms with E-state index in [2.05, 4.69) is 10.3 Å². The van der Waals surface area contributed by atoms with E-state index >= 15 is 0 Å². The molecule has 0 aliphatic heterocycles. The van der Waals surface area contributed by atoms with Crippen molar-refractivity contribution in [2.45, 2.75) is 6.92 Å². The molecule has 0 amide bonds. The van der Waals surface area contributed by atoms with E-state index in [0.717, 1.165) is 22.8 Å². The smallest absolute Gasteiger partial charge is 0.132 e. The molecule has 0 saturated carbocycles. The number of rotatable bonds is 3. The zero-order chi connectivity index (χ0) is 12.3. The van der Waals surface area contributed by atoms with E-state index in [9.17, 15) is 0 Å². The number of methoxy groups -OCH3 is 1. The fourth-order valence-corrected chi connectivity index (χ4v) is 1.56. The Bertz CT molecular complexity index is 526. The maximum atomic E-state index is 5.62. The number of nitrogen functional groups attached to an aromatic ring is 1. The first-order valence-electron chi connectivity index (χ1n) is 5.33. The summed E-state index contributed by atoms with van der Waals surface area (Å²) in [6.07, 6.45) is 0. The van der Waals surface area contributed by atoms with Crippen molar-refractivity contribution in [1.29, 1.82) is 0 Å². The number of anilines is 3. The van der Waals surface area contributed by atoms with Gasteiger partial charge >= 0.3 is 0 Å². The van der Waals surface area contributed by atoms with Gasteiger partial charge in [0.1, 0.15) is 17.4 Å². The van der Waals surface area contributed by atoms with Gasteiger partial charge in [-0.15, -0.1) is 0 Å². The first-order chi connectivity index (χ1) is 8.19. The lowest BCUT2D eigenvalue weighted by Crippen LogP contribution is -1.98. The van der Waals surface area contributed by atoms with Gasteiger partial charge in [0.2, 0.25) is 0 Å². The normalized spacial score (nSPS) is 10.0.